The molecule has 0 bridgehead atoms. The van der Waals surface area contributed by atoms with E-state index in [0.717, 1.165) is 16.8 Å². The first-order valence-corrected chi connectivity index (χ1v) is 10.7. The van der Waals surface area contributed by atoms with Crippen LogP contribution in [0.2, 0.25) is 0 Å². The summed E-state index contributed by atoms with van der Waals surface area (Å²) in [6.07, 6.45) is 0. The Labute approximate surface area is 202 Å². The molecule has 0 atom stereocenters. The topological polar surface area (TPSA) is 12.9 Å². The summed E-state index contributed by atoms with van der Waals surface area (Å²) in [6, 6.07) is 37.9. The van der Waals surface area contributed by atoms with E-state index in [4.69, 9.17) is 4.98 Å². The first-order valence-electron chi connectivity index (χ1n) is 10.7. The van der Waals surface area contributed by atoms with Crippen LogP contribution in [0.1, 0.15) is 25.0 Å². The van der Waals surface area contributed by atoms with Crippen molar-refractivity contribution in [2.24, 2.45) is 0 Å². The fraction of sp³-hybridized carbons (Fsp3) is 0.100. The Bertz CT molecular complexity index is 1450. The maximum atomic E-state index is 5.02. The van der Waals surface area contributed by atoms with E-state index in [9.17, 15) is 0 Å². The van der Waals surface area contributed by atoms with Gasteiger partial charge in [-0.1, -0.05) is 104 Å². The van der Waals surface area contributed by atoms with Crippen LogP contribution in [0.15, 0.2) is 97.1 Å². The standard InChI is InChI=1S/C30H22N.Ir/c1-30(2)26-14-8-6-12-22(26)23-17-16-21(18-27(23)30)29-19-25(20-10-4-3-5-11-20)24-13-7-9-15-28(24)31-29;/h3-15,17-19H,1-2H3;/q-1;. The largest absolute Gasteiger partial charge is 0.296 e. The van der Waals surface area contributed by atoms with Crippen LogP contribution >= 0.6 is 0 Å². The number of aromatic nitrogens is 1. The van der Waals surface area contributed by atoms with Crippen LogP contribution in [0.25, 0.3) is 44.4 Å². The monoisotopic (exact) mass is 589 g/mol. The molecule has 0 aliphatic heterocycles. The summed E-state index contributed by atoms with van der Waals surface area (Å²) in [5.74, 6) is 0. The molecule has 0 N–H and O–H groups in total. The average Bonchev–Trinajstić information content (AvgIpc) is 3.06. The van der Waals surface area contributed by atoms with Crippen LogP contribution in [0.3, 0.4) is 0 Å². The third-order valence-corrected chi connectivity index (χ3v) is 6.59. The fourth-order valence-electron chi connectivity index (χ4n) is 4.96. The van der Waals surface area contributed by atoms with Crippen LogP contribution in [0, 0.1) is 6.07 Å². The van der Waals surface area contributed by atoms with Gasteiger partial charge < -0.3 is 0 Å². The minimum atomic E-state index is -0.0329. The van der Waals surface area contributed by atoms with Gasteiger partial charge in [0.2, 0.25) is 0 Å². The smallest absolute Gasteiger partial charge is 0.0601 e. The van der Waals surface area contributed by atoms with Gasteiger partial charge in [-0.15, -0.1) is 29.3 Å². The van der Waals surface area contributed by atoms with E-state index in [1.54, 1.807) is 0 Å². The second-order valence-corrected chi connectivity index (χ2v) is 8.78. The van der Waals surface area contributed by atoms with Crippen LogP contribution in [-0.4, -0.2) is 4.98 Å². The molecule has 5 aromatic rings. The van der Waals surface area contributed by atoms with Crippen molar-refractivity contribution < 1.29 is 20.1 Å². The van der Waals surface area contributed by atoms with E-state index in [-0.39, 0.29) is 25.5 Å². The van der Waals surface area contributed by atoms with Gasteiger partial charge in [0.1, 0.15) is 0 Å². The first-order chi connectivity index (χ1) is 15.1. The van der Waals surface area contributed by atoms with Crippen LogP contribution < -0.4 is 0 Å². The second kappa shape index (κ2) is 7.81. The molecule has 0 unspecified atom stereocenters. The fourth-order valence-corrected chi connectivity index (χ4v) is 4.96. The molecule has 4 aromatic carbocycles. The SMILES string of the molecule is CC1(C)c2ccccc2-c2c[c-]c(-c3cc(-c4ccccc4)c4ccccc4n3)cc21.[Ir]. The van der Waals surface area contributed by atoms with Crippen molar-refractivity contribution in [2.75, 3.05) is 0 Å². The Kier molecular flexibility index (Phi) is 5.08. The van der Waals surface area contributed by atoms with Gasteiger partial charge in [0.25, 0.3) is 0 Å². The van der Waals surface area contributed by atoms with Gasteiger partial charge in [0.05, 0.1) is 5.52 Å². The molecule has 6 rings (SSSR count). The summed E-state index contributed by atoms with van der Waals surface area (Å²) in [6.45, 7) is 4.62. The third-order valence-electron chi connectivity index (χ3n) is 6.59. The van der Waals surface area contributed by atoms with Crippen LogP contribution in [0.4, 0.5) is 0 Å². The molecule has 0 saturated heterocycles. The molecule has 1 aliphatic carbocycles. The molecule has 1 aromatic heterocycles. The van der Waals surface area contributed by atoms with Crippen molar-refractivity contribution in [3.63, 3.8) is 0 Å². The molecule has 1 heterocycles. The molecule has 0 spiro atoms. The molecule has 0 fully saturated rings. The van der Waals surface area contributed by atoms with Gasteiger partial charge in [0.15, 0.2) is 0 Å². The molecular weight excluding hydrogens is 567 g/mol. The van der Waals surface area contributed by atoms with E-state index in [1.807, 2.05) is 0 Å². The number of fused-ring (bicyclic) bond motifs is 4. The minimum absolute atomic E-state index is 0. The van der Waals surface area contributed by atoms with Gasteiger partial charge in [-0.2, -0.15) is 0 Å². The van der Waals surface area contributed by atoms with Crippen molar-refractivity contribution in [1.29, 1.82) is 0 Å². The normalized spacial score (nSPS) is 13.3. The van der Waals surface area contributed by atoms with Gasteiger partial charge in [-0.05, 0) is 33.9 Å². The molecule has 1 radical (unpaired) electrons. The Balaban J connectivity index is 0.00000216. The van der Waals surface area contributed by atoms with E-state index in [0.29, 0.717) is 0 Å². The first kappa shape index (κ1) is 20.8. The van der Waals surface area contributed by atoms with Gasteiger partial charge in [0, 0.05) is 25.5 Å². The number of benzene rings is 4. The summed E-state index contributed by atoms with van der Waals surface area (Å²) in [4.78, 5) is 5.02. The van der Waals surface area contributed by atoms with Crippen LogP contribution in [0.5, 0.6) is 0 Å². The van der Waals surface area contributed by atoms with E-state index < -0.39 is 0 Å². The van der Waals surface area contributed by atoms with Gasteiger partial charge in [-0.25, -0.2) is 0 Å². The minimum Gasteiger partial charge on any atom is -0.296 e. The average molecular weight is 589 g/mol. The predicted molar refractivity (Wildman–Crippen MR) is 129 cm³/mol. The summed E-state index contributed by atoms with van der Waals surface area (Å²) < 4.78 is 0. The van der Waals surface area contributed by atoms with Crippen molar-refractivity contribution in [1.82, 2.24) is 4.98 Å². The van der Waals surface area contributed by atoms with Crippen molar-refractivity contribution in [2.45, 2.75) is 19.3 Å². The molecule has 2 heteroatoms. The zero-order chi connectivity index (χ0) is 21.0. The molecule has 0 saturated carbocycles. The Morgan fingerprint density at radius 3 is 2.25 bits per heavy atom. The molecule has 32 heavy (non-hydrogen) atoms. The quantitative estimate of drug-likeness (QED) is 0.193. The molecule has 157 valence electrons. The summed E-state index contributed by atoms with van der Waals surface area (Å²) in [7, 11) is 0. The third kappa shape index (κ3) is 3.14. The number of rotatable bonds is 2. The van der Waals surface area contributed by atoms with E-state index in [2.05, 4.69) is 117 Å². The molecule has 1 aliphatic rings. The maximum absolute atomic E-state index is 5.02. The number of hydrogen-bond acceptors (Lipinski definition) is 1. The maximum Gasteiger partial charge on any atom is 0.0601 e. The van der Waals surface area contributed by atoms with Gasteiger partial charge >= 0.3 is 0 Å². The molecular formula is C30H22IrN-. The number of para-hydroxylation sites is 1. The Morgan fingerprint density at radius 2 is 1.41 bits per heavy atom. The summed E-state index contributed by atoms with van der Waals surface area (Å²) >= 11 is 0. The predicted octanol–water partition coefficient (Wildman–Crippen LogP) is 7.67. The second-order valence-electron chi connectivity index (χ2n) is 8.78. The van der Waals surface area contributed by atoms with Crippen LogP contribution in [-0.2, 0) is 25.5 Å². The zero-order valence-electron chi connectivity index (χ0n) is 18.0. The van der Waals surface area contributed by atoms with Gasteiger partial charge in [-0.3, -0.25) is 4.98 Å². The Hall–Kier alpha value is -3.06. The van der Waals surface area contributed by atoms with E-state index in [1.165, 1.54) is 38.8 Å². The van der Waals surface area contributed by atoms with Crippen molar-refractivity contribution in [3.05, 3.63) is 114 Å². The molecule has 0 amide bonds. The van der Waals surface area contributed by atoms with E-state index >= 15 is 0 Å². The van der Waals surface area contributed by atoms with Crippen molar-refractivity contribution in [3.8, 4) is 33.5 Å². The summed E-state index contributed by atoms with van der Waals surface area (Å²) in [5, 5.41) is 1.17. The zero-order valence-corrected chi connectivity index (χ0v) is 20.4. The van der Waals surface area contributed by atoms with Crippen molar-refractivity contribution >= 4 is 10.9 Å². The Morgan fingerprint density at radius 1 is 0.688 bits per heavy atom. The number of pyridine rings is 1. The molecule has 1 nitrogen and oxygen atoms in total. The number of nitrogens with zero attached hydrogens (tertiary/aromatic N) is 1. The summed E-state index contributed by atoms with van der Waals surface area (Å²) in [5.41, 5.74) is 10.7. The number of hydrogen-bond donors (Lipinski definition) is 0.